The van der Waals surface area contributed by atoms with Gasteiger partial charge in [0.05, 0.1) is 19.8 Å². The number of carbonyl (C=O) groups excluding carboxylic acids is 1. The van der Waals surface area contributed by atoms with Crippen LogP contribution in [-0.2, 0) is 4.79 Å². The summed E-state index contributed by atoms with van der Waals surface area (Å²) in [7, 11) is 0. The number of unbranched alkanes of at least 4 members (excludes halogenated alkanes) is 1. The lowest BCUT2D eigenvalue weighted by atomic mass is 10.2. The minimum Gasteiger partial charge on any atom is -0.494 e. The Morgan fingerprint density at radius 1 is 0.929 bits per heavy atom. The maximum Gasteiger partial charge on any atom is 0.248 e. The van der Waals surface area contributed by atoms with Gasteiger partial charge in [-0.25, -0.2) is 0 Å². The number of hydrogen-bond donors (Lipinski definition) is 1. The highest BCUT2D eigenvalue weighted by Gasteiger charge is 2.05. The van der Waals surface area contributed by atoms with Gasteiger partial charge in [0.2, 0.25) is 5.91 Å². The summed E-state index contributed by atoms with van der Waals surface area (Å²) in [6.45, 7) is 7.80. The zero-order valence-corrected chi connectivity index (χ0v) is 16.9. The minimum atomic E-state index is -0.202. The maximum absolute atomic E-state index is 12.2. The number of amides is 1. The van der Waals surface area contributed by atoms with Crippen molar-refractivity contribution in [3.8, 4) is 17.2 Å². The predicted octanol–water partition coefficient (Wildman–Crippen LogP) is 5.31. The Labute approximate surface area is 167 Å². The third-order valence-corrected chi connectivity index (χ3v) is 3.88. The van der Waals surface area contributed by atoms with E-state index in [9.17, 15) is 4.79 Å². The summed E-state index contributed by atoms with van der Waals surface area (Å²) in [5.74, 6) is 1.98. The van der Waals surface area contributed by atoms with Gasteiger partial charge in [0, 0.05) is 11.8 Å². The molecule has 28 heavy (non-hydrogen) atoms. The average Bonchev–Trinajstić information content (AvgIpc) is 2.70. The third-order valence-electron chi connectivity index (χ3n) is 3.88. The molecule has 0 saturated carbocycles. The molecule has 2 aromatic rings. The molecule has 150 valence electrons. The van der Waals surface area contributed by atoms with Gasteiger partial charge in [0.25, 0.3) is 0 Å². The molecule has 0 radical (unpaired) electrons. The highest BCUT2D eigenvalue weighted by molar-refractivity contribution is 6.01. The second kappa shape index (κ2) is 11.7. The summed E-state index contributed by atoms with van der Waals surface area (Å²) >= 11 is 0. The summed E-state index contributed by atoms with van der Waals surface area (Å²) in [6.07, 6.45) is 5.37. The van der Waals surface area contributed by atoms with Gasteiger partial charge in [-0.1, -0.05) is 19.4 Å². The van der Waals surface area contributed by atoms with Crippen LogP contribution in [0.15, 0.2) is 48.5 Å². The van der Waals surface area contributed by atoms with Crippen molar-refractivity contribution in [3.63, 3.8) is 0 Å². The van der Waals surface area contributed by atoms with E-state index in [0.717, 1.165) is 29.8 Å². The number of anilines is 1. The van der Waals surface area contributed by atoms with Crippen molar-refractivity contribution in [1.82, 2.24) is 0 Å². The van der Waals surface area contributed by atoms with Crippen molar-refractivity contribution in [2.75, 3.05) is 25.1 Å². The molecule has 0 aliphatic rings. The van der Waals surface area contributed by atoms with Crippen molar-refractivity contribution in [1.29, 1.82) is 0 Å². The first-order valence-corrected chi connectivity index (χ1v) is 9.77. The first-order valence-electron chi connectivity index (χ1n) is 9.77. The molecule has 0 saturated heterocycles. The second-order valence-corrected chi connectivity index (χ2v) is 6.12. The monoisotopic (exact) mass is 383 g/mol. The van der Waals surface area contributed by atoms with Crippen LogP contribution in [0, 0.1) is 0 Å². The number of hydrogen-bond acceptors (Lipinski definition) is 4. The lowest BCUT2D eigenvalue weighted by Crippen LogP contribution is -2.07. The molecule has 0 aliphatic heterocycles. The molecule has 0 spiro atoms. The first kappa shape index (κ1) is 21.4. The van der Waals surface area contributed by atoms with Crippen LogP contribution in [0.25, 0.3) is 6.08 Å². The highest BCUT2D eigenvalue weighted by Crippen LogP contribution is 2.29. The highest BCUT2D eigenvalue weighted by atomic mass is 16.5. The van der Waals surface area contributed by atoms with E-state index in [1.54, 1.807) is 6.08 Å². The molecule has 5 heteroatoms. The van der Waals surface area contributed by atoms with Crippen LogP contribution >= 0.6 is 0 Å². The van der Waals surface area contributed by atoms with Crippen molar-refractivity contribution >= 4 is 17.7 Å². The van der Waals surface area contributed by atoms with E-state index in [1.807, 2.05) is 56.3 Å². The van der Waals surface area contributed by atoms with Crippen molar-refractivity contribution in [3.05, 3.63) is 54.1 Å². The Morgan fingerprint density at radius 2 is 1.64 bits per heavy atom. The van der Waals surface area contributed by atoms with Crippen LogP contribution in [0.1, 0.15) is 39.2 Å². The van der Waals surface area contributed by atoms with E-state index in [2.05, 4.69) is 12.2 Å². The fourth-order valence-electron chi connectivity index (χ4n) is 2.50. The van der Waals surface area contributed by atoms with Gasteiger partial charge in [-0.3, -0.25) is 4.79 Å². The molecule has 0 unspecified atom stereocenters. The van der Waals surface area contributed by atoms with Gasteiger partial charge in [0.15, 0.2) is 11.5 Å². The molecular formula is C23H29NO4. The Bertz CT molecular complexity index is 769. The van der Waals surface area contributed by atoms with Crippen LogP contribution in [0.4, 0.5) is 5.69 Å². The fourth-order valence-corrected chi connectivity index (χ4v) is 2.50. The van der Waals surface area contributed by atoms with E-state index < -0.39 is 0 Å². The minimum absolute atomic E-state index is 0.202. The SMILES string of the molecule is CCCCOc1ccc(NC(=O)/C=C/c2ccc(OCC)c(OCC)c2)cc1. The molecule has 1 amide bonds. The van der Waals surface area contributed by atoms with Gasteiger partial charge in [0.1, 0.15) is 5.75 Å². The Morgan fingerprint density at radius 3 is 2.32 bits per heavy atom. The number of ether oxygens (including phenoxy) is 3. The largest absolute Gasteiger partial charge is 0.494 e. The van der Waals surface area contributed by atoms with Crippen LogP contribution in [0.3, 0.4) is 0 Å². The van der Waals surface area contributed by atoms with Gasteiger partial charge < -0.3 is 19.5 Å². The zero-order valence-electron chi connectivity index (χ0n) is 16.9. The van der Waals surface area contributed by atoms with Crippen molar-refractivity contribution < 1.29 is 19.0 Å². The van der Waals surface area contributed by atoms with Crippen LogP contribution < -0.4 is 19.5 Å². The summed E-state index contributed by atoms with van der Waals surface area (Å²) in [6, 6.07) is 13.0. The predicted molar refractivity (Wildman–Crippen MR) is 113 cm³/mol. The van der Waals surface area contributed by atoms with Crippen LogP contribution in [-0.4, -0.2) is 25.7 Å². The van der Waals surface area contributed by atoms with E-state index in [0.29, 0.717) is 31.3 Å². The summed E-state index contributed by atoms with van der Waals surface area (Å²) in [5.41, 5.74) is 1.58. The Balaban J connectivity index is 1.94. The Hall–Kier alpha value is -2.95. The number of carbonyl (C=O) groups is 1. The Kier molecular flexibility index (Phi) is 8.92. The van der Waals surface area contributed by atoms with Gasteiger partial charge in [-0.15, -0.1) is 0 Å². The van der Waals surface area contributed by atoms with Gasteiger partial charge in [-0.05, 0) is 68.3 Å². The molecule has 2 aromatic carbocycles. The first-order chi connectivity index (χ1) is 13.7. The van der Waals surface area contributed by atoms with E-state index in [4.69, 9.17) is 14.2 Å². The third kappa shape index (κ3) is 6.99. The summed E-state index contributed by atoms with van der Waals surface area (Å²) < 4.78 is 16.8. The maximum atomic E-state index is 12.2. The molecule has 0 fully saturated rings. The van der Waals surface area contributed by atoms with Crippen molar-refractivity contribution in [2.24, 2.45) is 0 Å². The number of rotatable bonds is 11. The quantitative estimate of drug-likeness (QED) is 0.422. The molecular weight excluding hydrogens is 354 g/mol. The van der Waals surface area contributed by atoms with Gasteiger partial charge >= 0.3 is 0 Å². The molecule has 0 heterocycles. The summed E-state index contributed by atoms with van der Waals surface area (Å²) in [4.78, 5) is 12.2. The standard InChI is InChI=1S/C23H29NO4/c1-4-7-16-28-20-12-10-19(11-13-20)24-23(25)15-9-18-8-14-21(26-5-2)22(17-18)27-6-3/h8-15,17H,4-7,16H2,1-3H3,(H,24,25)/b15-9+. The molecule has 0 aliphatic carbocycles. The van der Waals surface area contributed by atoms with E-state index >= 15 is 0 Å². The second-order valence-electron chi connectivity index (χ2n) is 6.12. The van der Waals surface area contributed by atoms with E-state index in [1.165, 1.54) is 6.08 Å². The molecule has 5 nitrogen and oxygen atoms in total. The summed E-state index contributed by atoms with van der Waals surface area (Å²) in [5, 5.41) is 2.84. The van der Waals surface area contributed by atoms with Crippen LogP contribution in [0.2, 0.25) is 0 Å². The zero-order chi connectivity index (χ0) is 20.2. The molecule has 0 bridgehead atoms. The average molecular weight is 383 g/mol. The lowest BCUT2D eigenvalue weighted by molar-refractivity contribution is -0.111. The molecule has 1 N–H and O–H groups in total. The lowest BCUT2D eigenvalue weighted by Gasteiger charge is -2.11. The van der Waals surface area contributed by atoms with E-state index in [-0.39, 0.29) is 5.91 Å². The molecule has 0 atom stereocenters. The van der Waals surface area contributed by atoms with Crippen molar-refractivity contribution in [2.45, 2.75) is 33.6 Å². The normalized spacial score (nSPS) is 10.7. The fraction of sp³-hybridized carbons (Fsp3) is 0.348. The number of nitrogens with one attached hydrogen (secondary N) is 1. The topological polar surface area (TPSA) is 56.8 Å². The van der Waals surface area contributed by atoms with Gasteiger partial charge in [-0.2, -0.15) is 0 Å². The molecule has 0 aromatic heterocycles. The van der Waals surface area contributed by atoms with Crippen LogP contribution in [0.5, 0.6) is 17.2 Å². The smallest absolute Gasteiger partial charge is 0.248 e. The number of benzene rings is 2. The molecule has 2 rings (SSSR count).